The number of aliphatic carboxylic acids is 1. The Balaban J connectivity index is 2.48. The van der Waals surface area contributed by atoms with Crippen LogP contribution in [0.25, 0.3) is 11.6 Å². The molecular formula is C17H14ClNO4. The van der Waals surface area contributed by atoms with Gasteiger partial charge in [0.1, 0.15) is 5.02 Å². The molecule has 0 unspecified atom stereocenters. The number of hydrogen-bond acceptors (Lipinski definition) is 3. The zero-order valence-electron chi connectivity index (χ0n) is 12.3. The molecule has 0 bridgehead atoms. The van der Waals surface area contributed by atoms with Crippen molar-refractivity contribution >= 4 is 34.9 Å². The van der Waals surface area contributed by atoms with Crippen LogP contribution in [0.15, 0.2) is 42.5 Å². The van der Waals surface area contributed by atoms with Gasteiger partial charge in [-0.15, -0.1) is 0 Å². The van der Waals surface area contributed by atoms with E-state index < -0.39 is 10.9 Å². The van der Waals surface area contributed by atoms with Crippen molar-refractivity contribution < 1.29 is 14.8 Å². The predicted octanol–water partition coefficient (Wildman–Crippen LogP) is 4.44. The van der Waals surface area contributed by atoms with Gasteiger partial charge in [-0.05, 0) is 35.3 Å². The second kappa shape index (κ2) is 7.07. The second-order valence-corrected chi connectivity index (χ2v) is 5.29. The topological polar surface area (TPSA) is 80.4 Å². The van der Waals surface area contributed by atoms with E-state index in [0.717, 1.165) is 12.0 Å². The van der Waals surface area contributed by atoms with Crippen molar-refractivity contribution in [1.29, 1.82) is 0 Å². The van der Waals surface area contributed by atoms with Crippen LogP contribution in [0.4, 0.5) is 5.69 Å². The monoisotopic (exact) mass is 331 g/mol. The van der Waals surface area contributed by atoms with E-state index in [0.29, 0.717) is 11.1 Å². The number of hydrogen-bond donors (Lipinski definition) is 1. The van der Waals surface area contributed by atoms with E-state index in [-0.39, 0.29) is 16.3 Å². The number of benzene rings is 2. The third-order valence-corrected chi connectivity index (χ3v) is 3.70. The molecule has 5 nitrogen and oxygen atoms in total. The summed E-state index contributed by atoms with van der Waals surface area (Å²) in [6.07, 6.45) is 2.25. The summed E-state index contributed by atoms with van der Waals surface area (Å²) in [5, 5.41) is 20.3. The maximum atomic E-state index is 11.5. The summed E-state index contributed by atoms with van der Waals surface area (Å²) < 4.78 is 0. The van der Waals surface area contributed by atoms with E-state index in [1.165, 1.54) is 18.2 Å². The van der Waals surface area contributed by atoms with E-state index in [1.807, 2.05) is 19.1 Å². The molecular weight excluding hydrogens is 318 g/mol. The molecule has 0 fully saturated rings. The van der Waals surface area contributed by atoms with Gasteiger partial charge in [-0.2, -0.15) is 0 Å². The van der Waals surface area contributed by atoms with E-state index in [4.69, 9.17) is 11.6 Å². The van der Waals surface area contributed by atoms with Crippen molar-refractivity contribution in [2.45, 2.75) is 13.3 Å². The highest BCUT2D eigenvalue weighted by Gasteiger charge is 2.15. The van der Waals surface area contributed by atoms with Gasteiger partial charge in [-0.3, -0.25) is 10.1 Å². The Morgan fingerprint density at radius 2 is 1.91 bits per heavy atom. The van der Waals surface area contributed by atoms with Crippen LogP contribution in [0.2, 0.25) is 5.02 Å². The molecule has 0 spiro atoms. The quantitative estimate of drug-likeness (QED) is 0.380. The Labute approximate surface area is 138 Å². The van der Waals surface area contributed by atoms with Gasteiger partial charge in [-0.25, -0.2) is 4.79 Å². The van der Waals surface area contributed by atoms with Gasteiger partial charge in [0.25, 0.3) is 5.69 Å². The zero-order chi connectivity index (χ0) is 17.0. The van der Waals surface area contributed by atoms with Crippen molar-refractivity contribution in [2.75, 3.05) is 0 Å². The average molecular weight is 332 g/mol. The standard InChI is InChI=1S/C17H14ClNO4/c1-2-11-3-6-13(7-4-11)14(17(20)21)9-12-5-8-15(18)16(10-12)19(22)23/h3-10H,2H2,1H3,(H,20,21)/b14-9-. The van der Waals surface area contributed by atoms with Crippen LogP contribution in [-0.4, -0.2) is 16.0 Å². The first-order valence-corrected chi connectivity index (χ1v) is 7.28. The van der Waals surface area contributed by atoms with Crippen molar-refractivity contribution in [3.63, 3.8) is 0 Å². The molecule has 2 rings (SSSR count). The van der Waals surface area contributed by atoms with Crippen LogP contribution in [0, 0.1) is 10.1 Å². The summed E-state index contributed by atoms with van der Waals surface area (Å²) in [5.74, 6) is -1.10. The first-order valence-electron chi connectivity index (χ1n) is 6.90. The molecule has 2 aromatic carbocycles. The summed E-state index contributed by atoms with van der Waals surface area (Å²) in [7, 11) is 0. The normalized spacial score (nSPS) is 11.3. The molecule has 0 radical (unpaired) electrons. The Morgan fingerprint density at radius 1 is 1.26 bits per heavy atom. The maximum absolute atomic E-state index is 11.5. The molecule has 0 aliphatic heterocycles. The minimum absolute atomic E-state index is 0.0105. The van der Waals surface area contributed by atoms with Gasteiger partial charge < -0.3 is 5.11 Å². The maximum Gasteiger partial charge on any atom is 0.336 e. The fourth-order valence-corrected chi connectivity index (χ4v) is 2.30. The Bertz CT molecular complexity index is 782. The number of aryl methyl sites for hydroxylation is 1. The highest BCUT2D eigenvalue weighted by atomic mass is 35.5. The third kappa shape index (κ3) is 3.96. The van der Waals surface area contributed by atoms with Crippen LogP contribution in [0.1, 0.15) is 23.6 Å². The molecule has 0 saturated heterocycles. The lowest BCUT2D eigenvalue weighted by Crippen LogP contribution is -2.00. The lowest BCUT2D eigenvalue weighted by Gasteiger charge is -2.05. The van der Waals surface area contributed by atoms with Gasteiger partial charge in [-0.1, -0.05) is 48.9 Å². The fourth-order valence-electron chi connectivity index (χ4n) is 2.11. The van der Waals surface area contributed by atoms with Crippen molar-refractivity contribution in [3.05, 3.63) is 74.3 Å². The molecule has 0 saturated carbocycles. The van der Waals surface area contributed by atoms with Gasteiger partial charge >= 0.3 is 5.97 Å². The molecule has 0 aliphatic carbocycles. The average Bonchev–Trinajstić information content (AvgIpc) is 2.53. The fraction of sp³-hybridized carbons (Fsp3) is 0.118. The van der Waals surface area contributed by atoms with Crippen molar-refractivity contribution in [1.82, 2.24) is 0 Å². The number of nitro benzene ring substituents is 1. The number of carbonyl (C=O) groups is 1. The summed E-state index contributed by atoms with van der Waals surface area (Å²) in [6.45, 7) is 2.01. The van der Waals surface area contributed by atoms with Crippen LogP contribution in [0.5, 0.6) is 0 Å². The number of nitro groups is 1. The van der Waals surface area contributed by atoms with E-state index in [9.17, 15) is 20.0 Å². The number of carboxylic acids is 1. The molecule has 0 amide bonds. The number of halogens is 1. The lowest BCUT2D eigenvalue weighted by atomic mass is 10.0. The number of carboxylic acid groups (broad SMARTS) is 1. The highest BCUT2D eigenvalue weighted by molar-refractivity contribution is 6.32. The SMILES string of the molecule is CCc1ccc(/C(=C/c2ccc(Cl)c([N+](=O)[O-])c2)C(=O)O)cc1. The van der Waals surface area contributed by atoms with Gasteiger partial charge in [0.15, 0.2) is 0 Å². The predicted molar refractivity (Wildman–Crippen MR) is 89.4 cm³/mol. The van der Waals surface area contributed by atoms with E-state index >= 15 is 0 Å². The number of rotatable bonds is 5. The largest absolute Gasteiger partial charge is 0.478 e. The molecule has 1 N–H and O–H groups in total. The van der Waals surface area contributed by atoms with Crippen LogP contribution < -0.4 is 0 Å². The molecule has 118 valence electrons. The Kier molecular flexibility index (Phi) is 5.13. The van der Waals surface area contributed by atoms with Crippen molar-refractivity contribution in [2.24, 2.45) is 0 Å². The van der Waals surface area contributed by atoms with Gasteiger partial charge in [0.05, 0.1) is 10.5 Å². The summed E-state index contributed by atoms with van der Waals surface area (Å²) in [4.78, 5) is 21.8. The molecule has 0 aliphatic rings. The minimum atomic E-state index is -1.10. The molecule has 23 heavy (non-hydrogen) atoms. The van der Waals surface area contributed by atoms with Crippen LogP contribution in [0.3, 0.4) is 0 Å². The first kappa shape index (κ1) is 16.7. The van der Waals surface area contributed by atoms with Crippen LogP contribution in [-0.2, 0) is 11.2 Å². The summed E-state index contributed by atoms with van der Waals surface area (Å²) in [6, 6.07) is 11.3. The van der Waals surface area contributed by atoms with Gasteiger partial charge in [0, 0.05) is 6.07 Å². The molecule has 2 aromatic rings. The lowest BCUT2D eigenvalue weighted by molar-refractivity contribution is -0.384. The van der Waals surface area contributed by atoms with Crippen LogP contribution >= 0.6 is 11.6 Å². The Morgan fingerprint density at radius 3 is 2.43 bits per heavy atom. The zero-order valence-corrected chi connectivity index (χ0v) is 13.1. The van der Waals surface area contributed by atoms with E-state index in [2.05, 4.69) is 0 Å². The molecule has 0 heterocycles. The highest BCUT2D eigenvalue weighted by Crippen LogP contribution is 2.27. The first-order chi connectivity index (χ1) is 10.9. The smallest absolute Gasteiger partial charge is 0.336 e. The number of nitrogens with zero attached hydrogens (tertiary/aromatic N) is 1. The minimum Gasteiger partial charge on any atom is -0.478 e. The van der Waals surface area contributed by atoms with Crippen molar-refractivity contribution in [3.8, 4) is 0 Å². The molecule has 0 aromatic heterocycles. The summed E-state index contributed by atoms with van der Waals surface area (Å²) in [5.41, 5.74) is 1.83. The molecule has 0 atom stereocenters. The second-order valence-electron chi connectivity index (χ2n) is 4.88. The van der Waals surface area contributed by atoms with E-state index in [1.54, 1.807) is 18.2 Å². The molecule has 6 heteroatoms. The third-order valence-electron chi connectivity index (χ3n) is 3.38. The summed E-state index contributed by atoms with van der Waals surface area (Å²) >= 11 is 5.76. The van der Waals surface area contributed by atoms with Gasteiger partial charge in [0.2, 0.25) is 0 Å². The Hall–Kier alpha value is -2.66.